The van der Waals surface area contributed by atoms with Gasteiger partial charge in [0, 0.05) is 18.3 Å². The molecule has 2 aromatic rings. The third kappa shape index (κ3) is 5.21. The lowest BCUT2D eigenvalue weighted by Crippen LogP contribution is -2.23. The number of anilines is 1. The van der Waals surface area contributed by atoms with Crippen LogP contribution in [0.25, 0.3) is 0 Å². The van der Waals surface area contributed by atoms with Crippen molar-refractivity contribution in [2.45, 2.75) is 26.5 Å². The average molecular weight is 320 g/mol. The van der Waals surface area contributed by atoms with E-state index in [0.717, 1.165) is 23.8 Å². The number of nitrogens with one attached hydrogen (secondary N) is 1. The molecule has 0 atom stereocenters. The molecule has 0 unspecified atom stereocenters. The minimum atomic E-state index is -0.610. The second-order valence-electron chi connectivity index (χ2n) is 5.12. The number of hydrogen-bond donors (Lipinski definition) is 2. The van der Waals surface area contributed by atoms with Crippen LogP contribution in [0, 0.1) is 11.6 Å². The Bertz CT molecular complexity index is 687. The van der Waals surface area contributed by atoms with Gasteiger partial charge in [-0.2, -0.15) is 0 Å². The summed E-state index contributed by atoms with van der Waals surface area (Å²) in [6.07, 6.45) is 1.67. The Morgan fingerprint density at radius 2 is 2.09 bits per heavy atom. The van der Waals surface area contributed by atoms with Crippen LogP contribution in [-0.2, 0) is 6.54 Å². The number of nitrogens with two attached hydrogens (primary N) is 1. The van der Waals surface area contributed by atoms with E-state index in [1.54, 1.807) is 12.3 Å². The number of rotatable bonds is 5. The Labute approximate surface area is 133 Å². The third-order valence-electron chi connectivity index (χ3n) is 2.78. The van der Waals surface area contributed by atoms with E-state index in [1.165, 1.54) is 0 Å². The van der Waals surface area contributed by atoms with Gasteiger partial charge in [-0.3, -0.25) is 0 Å². The van der Waals surface area contributed by atoms with E-state index in [9.17, 15) is 8.78 Å². The molecule has 0 saturated heterocycles. The molecule has 0 fully saturated rings. The molecular formula is C16H18F2N4O. The van der Waals surface area contributed by atoms with Crippen molar-refractivity contribution >= 4 is 11.6 Å². The van der Waals surface area contributed by atoms with Gasteiger partial charge in [0.05, 0.1) is 18.3 Å². The fourth-order valence-corrected chi connectivity index (χ4v) is 1.76. The Morgan fingerprint density at radius 3 is 2.74 bits per heavy atom. The van der Waals surface area contributed by atoms with Gasteiger partial charge in [-0.1, -0.05) is 6.07 Å². The smallest absolute Gasteiger partial charge is 0.213 e. The van der Waals surface area contributed by atoms with Crippen molar-refractivity contribution < 1.29 is 13.5 Å². The number of aromatic nitrogens is 1. The summed E-state index contributed by atoms with van der Waals surface area (Å²) < 4.78 is 32.0. The molecule has 0 amide bonds. The van der Waals surface area contributed by atoms with Gasteiger partial charge in [-0.25, -0.2) is 18.8 Å². The molecule has 2 rings (SSSR count). The molecule has 1 aromatic carbocycles. The molecule has 3 N–H and O–H groups in total. The molecule has 1 heterocycles. The zero-order chi connectivity index (χ0) is 16.8. The maximum Gasteiger partial charge on any atom is 0.213 e. The fourth-order valence-electron chi connectivity index (χ4n) is 1.76. The quantitative estimate of drug-likeness (QED) is 0.656. The van der Waals surface area contributed by atoms with Gasteiger partial charge in [-0.15, -0.1) is 0 Å². The highest BCUT2D eigenvalue weighted by Crippen LogP contribution is 2.15. The first-order valence-corrected chi connectivity index (χ1v) is 7.07. The van der Waals surface area contributed by atoms with Crippen molar-refractivity contribution in [1.29, 1.82) is 0 Å². The number of aliphatic imine (C=N–C) groups is 1. The van der Waals surface area contributed by atoms with Crippen molar-refractivity contribution in [3.8, 4) is 5.88 Å². The van der Waals surface area contributed by atoms with E-state index in [4.69, 9.17) is 10.5 Å². The number of halogens is 2. The van der Waals surface area contributed by atoms with Crippen LogP contribution in [0.4, 0.5) is 14.5 Å². The summed E-state index contributed by atoms with van der Waals surface area (Å²) in [7, 11) is 0. The first-order valence-electron chi connectivity index (χ1n) is 7.07. The number of pyridine rings is 1. The van der Waals surface area contributed by atoms with E-state index in [-0.39, 0.29) is 24.3 Å². The number of guanidine groups is 1. The minimum absolute atomic E-state index is 0.0167. The fraction of sp³-hybridized carbons (Fsp3) is 0.250. The van der Waals surface area contributed by atoms with Crippen LogP contribution in [0.5, 0.6) is 5.88 Å². The lowest BCUT2D eigenvalue weighted by molar-refractivity contribution is 0.232. The van der Waals surface area contributed by atoms with Crippen LogP contribution in [-0.4, -0.2) is 17.0 Å². The van der Waals surface area contributed by atoms with Crippen molar-refractivity contribution in [1.82, 2.24) is 4.98 Å². The van der Waals surface area contributed by atoms with Gasteiger partial charge in [0.2, 0.25) is 5.88 Å². The topological polar surface area (TPSA) is 72.5 Å². The first kappa shape index (κ1) is 16.7. The number of hydrogen-bond acceptors (Lipinski definition) is 3. The molecule has 23 heavy (non-hydrogen) atoms. The molecule has 0 bridgehead atoms. The molecule has 7 heteroatoms. The Balaban J connectivity index is 1.97. The van der Waals surface area contributed by atoms with Crippen molar-refractivity contribution in [3.63, 3.8) is 0 Å². The van der Waals surface area contributed by atoms with Gasteiger partial charge in [0.25, 0.3) is 0 Å². The Kier molecular flexibility index (Phi) is 5.46. The zero-order valence-corrected chi connectivity index (χ0v) is 12.9. The zero-order valence-electron chi connectivity index (χ0n) is 12.9. The van der Waals surface area contributed by atoms with Crippen molar-refractivity contribution in [2.75, 3.05) is 5.32 Å². The van der Waals surface area contributed by atoms with Crippen LogP contribution >= 0.6 is 0 Å². The van der Waals surface area contributed by atoms with Gasteiger partial charge in [0.1, 0.15) is 11.6 Å². The van der Waals surface area contributed by atoms with Crippen LogP contribution in [0.2, 0.25) is 0 Å². The normalized spacial score (nSPS) is 11.6. The number of nitrogens with zero attached hydrogens (tertiary/aromatic N) is 2. The maximum absolute atomic E-state index is 13.5. The van der Waals surface area contributed by atoms with Crippen LogP contribution in [0.1, 0.15) is 19.4 Å². The lowest BCUT2D eigenvalue weighted by atomic mass is 10.3. The molecule has 0 spiro atoms. The molecule has 0 radical (unpaired) electrons. The van der Waals surface area contributed by atoms with Gasteiger partial charge in [-0.05, 0) is 31.5 Å². The first-order chi connectivity index (χ1) is 10.9. The average Bonchev–Trinajstić information content (AvgIpc) is 2.50. The van der Waals surface area contributed by atoms with E-state index >= 15 is 0 Å². The standard InChI is InChI=1S/C16H18F2N4O/c1-10(2)23-15-6-3-11(8-20-15)9-21-16(19)22-14-7-12(17)4-5-13(14)18/h3-8,10H,9H2,1-2H3,(H3,19,21,22). The van der Waals surface area contributed by atoms with E-state index < -0.39 is 11.6 Å². The van der Waals surface area contributed by atoms with Gasteiger partial charge >= 0.3 is 0 Å². The highest BCUT2D eigenvalue weighted by molar-refractivity contribution is 5.92. The Morgan fingerprint density at radius 1 is 1.30 bits per heavy atom. The second kappa shape index (κ2) is 7.53. The highest BCUT2D eigenvalue weighted by Gasteiger charge is 2.05. The SMILES string of the molecule is CC(C)Oc1ccc(CN=C(N)Nc2cc(F)ccc2F)cn1. The second-order valence-corrected chi connectivity index (χ2v) is 5.12. The number of ether oxygens (including phenoxy) is 1. The summed E-state index contributed by atoms with van der Waals surface area (Å²) in [5.74, 6) is -0.661. The largest absolute Gasteiger partial charge is 0.475 e. The summed E-state index contributed by atoms with van der Waals surface area (Å²) in [6.45, 7) is 4.08. The molecule has 0 aliphatic carbocycles. The minimum Gasteiger partial charge on any atom is -0.475 e. The molecule has 122 valence electrons. The van der Waals surface area contributed by atoms with Crippen LogP contribution < -0.4 is 15.8 Å². The summed E-state index contributed by atoms with van der Waals surface area (Å²) >= 11 is 0. The van der Waals surface area contributed by atoms with E-state index in [0.29, 0.717) is 5.88 Å². The molecule has 0 saturated carbocycles. The molecule has 0 aliphatic heterocycles. The van der Waals surface area contributed by atoms with Crippen LogP contribution in [0.3, 0.4) is 0 Å². The molecule has 1 aromatic heterocycles. The Hall–Kier alpha value is -2.70. The summed E-state index contributed by atoms with van der Waals surface area (Å²) in [4.78, 5) is 8.21. The monoisotopic (exact) mass is 320 g/mol. The van der Waals surface area contributed by atoms with E-state index in [1.807, 2.05) is 19.9 Å². The van der Waals surface area contributed by atoms with Crippen LogP contribution in [0.15, 0.2) is 41.5 Å². The highest BCUT2D eigenvalue weighted by atomic mass is 19.1. The van der Waals surface area contributed by atoms with Crippen molar-refractivity contribution in [2.24, 2.45) is 10.7 Å². The van der Waals surface area contributed by atoms with E-state index in [2.05, 4.69) is 15.3 Å². The molecule has 0 aliphatic rings. The van der Waals surface area contributed by atoms with Crippen molar-refractivity contribution in [3.05, 3.63) is 53.7 Å². The summed E-state index contributed by atoms with van der Waals surface area (Å²) in [6, 6.07) is 6.60. The molecule has 5 nitrogen and oxygen atoms in total. The summed E-state index contributed by atoms with van der Waals surface area (Å²) in [5, 5.41) is 2.53. The predicted octanol–water partition coefficient (Wildman–Crippen LogP) is 3.07. The predicted molar refractivity (Wildman–Crippen MR) is 85.3 cm³/mol. The third-order valence-corrected chi connectivity index (χ3v) is 2.78. The molecular weight excluding hydrogens is 302 g/mol. The van der Waals surface area contributed by atoms with Gasteiger partial charge in [0.15, 0.2) is 5.96 Å². The maximum atomic E-state index is 13.5. The van der Waals surface area contributed by atoms with Gasteiger partial charge < -0.3 is 15.8 Å². The lowest BCUT2D eigenvalue weighted by Gasteiger charge is -2.09. The number of benzene rings is 1. The summed E-state index contributed by atoms with van der Waals surface area (Å²) in [5.41, 5.74) is 6.42.